The largest absolute Gasteiger partial charge is 0.384 e. The Morgan fingerprint density at radius 1 is 1.10 bits per heavy atom. The van der Waals surface area contributed by atoms with Gasteiger partial charge in [-0.15, -0.1) is 0 Å². The van der Waals surface area contributed by atoms with Crippen molar-refractivity contribution in [2.45, 2.75) is 13.5 Å². The Kier molecular flexibility index (Phi) is 4.97. The normalized spacial score (nSPS) is 11.2. The van der Waals surface area contributed by atoms with E-state index in [2.05, 4.69) is 5.32 Å². The molecule has 2 nitrogen and oxygen atoms in total. The molecule has 0 fully saturated rings. The number of hydrogen-bond acceptors (Lipinski definition) is 2. The Balaban J connectivity index is 1.96. The second-order valence-corrected chi connectivity index (χ2v) is 4.97. The van der Waals surface area contributed by atoms with Gasteiger partial charge in [-0.3, -0.25) is 4.79 Å². The van der Waals surface area contributed by atoms with E-state index in [4.69, 9.17) is 11.6 Å². The highest BCUT2D eigenvalue weighted by atomic mass is 35.5. The summed E-state index contributed by atoms with van der Waals surface area (Å²) < 4.78 is 0. The second kappa shape index (κ2) is 6.92. The molecule has 0 saturated heterocycles. The monoisotopic (exact) mass is 285 g/mol. The Labute approximate surface area is 124 Å². The molecule has 0 aliphatic heterocycles. The molecule has 2 aromatic carbocycles. The number of ketones is 1. The maximum Gasteiger partial charge on any atom is 0.187 e. The molecule has 0 heterocycles. The van der Waals surface area contributed by atoms with E-state index in [0.717, 1.165) is 5.70 Å². The maximum atomic E-state index is 12.0. The van der Waals surface area contributed by atoms with Crippen molar-refractivity contribution < 1.29 is 4.79 Å². The quantitative estimate of drug-likeness (QED) is 0.658. The molecule has 2 aromatic rings. The van der Waals surface area contributed by atoms with Crippen LogP contribution in [0.2, 0.25) is 5.02 Å². The van der Waals surface area contributed by atoms with Crippen LogP contribution in [0.15, 0.2) is 66.4 Å². The number of hydrogen-bond donors (Lipinski definition) is 1. The Bertz CT molecular complexity index is 603. The van der Waals surface area contributed by atoms with Crippen LogP contribution < -0.4 is 5.32 Å². The third-order valence-electron chi connectivity index (χ3n) is 2.89. The van der Waals surface area contributed by atoms with Crippen LogP contribution >= 0.6 is 11.6 Å². The van der Waals surface area contributed by atoms with Crippen LogP contribution in [0.25, 0.3) is 0 Å². The molecule has 0 atom stereocenters. The summed E-state index contributed by atoms with van der Waals surface area (Å²) >= 11 is 5.80. The van der Waals surface area contributed by atoms with Crippen LogP contribution in [0, 0.1) is 0 Å². The van der Waals surface area contributed by atoms with E-state index < -0.39 is 0 Å². The first kappa shape index (κ1) is 14.4. The zero-order valence-electron chi connectivity index (χ0n) is 11.3. The molecule has 0 aromatic heterocycles. The van der Waals surface area contributed by atoms with Crippen molar-refractivity contribution in [2.24, 2.45) is 0 Å². The first-order valence-electron chi connectivity index (χ1n) is 6.41. The van der Waals surface area contributed by atoms with Crippen molar-refractivity contribution in [3.05, 3.63) is 82.5 Å². The van der Waals surface area contributed by atoms with E-state index in [0.29, 0.717) is 17.1 Å². The van der Waals surface area contributed by atoms with Crippen molar-refractivity contribution in [1.82, 2.24) is 5.32 Å². The lowest BCUT2D eigenvalue weighted by atomic mass is 10.1. The zero-order valence-corrected chi connectivity index (χ0v) is 12.0. The van der Waals surface area contributed by atoms with Crippen LogP contribution in [-0.2, 0) is 6.54 Å². The minimum Gasteiger partial charge on any atom is -0.384 e. The fraction of sp³-hybridized carbons (Fsp3) is 0.118. The van der Waals surface area contributed by atoms with Gasteiger partial charge in [0, 0.05) is 28.9 Å². The predicted molar refractivity (Wildman–Crippen MR) is 82.8 cm³/mol. The van der Waals surface area contributed by atoms with E-state index >= 15 is 0 Å². The second-order valence-electron chi connectivity index (χ2n) is 4.54. The molecule has 0 aliphatic rings. The molecule has 20 heavy (non-hydrogen) atoms. The molecule has 102 valence electrons. The highest BCUT2D eigenvalue weighted by Gasteiger charge is 2.03. The molecular weight excluding hydrogens is 270 g/mol. The molecular formula is C17H16ClNO. The van der Waals surface area contributed by atoms with Gasteiger partial charge in [0.25, 0.3) is 0 Å². The van der Waals surface area contributed by atoms with Crippen molar-refractivity contribution in [2.75, 3.05) is 0 Å². The Morgan fingerprint density at radius 3 is 2.40 bits per heavy atom. The lowest BCUT2D eigenvalue weighted by Crippen LogP contribution is -2.12. The average Bonchev–Trinajstić information content (AvgIpc) is 2.47. The highest BCUT2D eigenvalue weighted by molar-refractivity contribution is 6.30. The summed E-state index contributed by atoms with van der Waals surface area (Å²) in [6.45, 7) is 2.59. The van der Waals surface area contributed by atoms with Crippen molar-refractivity contribution in [3.63, 3.8) is 0 Å². The van der Waals surface area contributed by atoms with Gasteiger partial charge < -0.3 is 5.32 Å². The third kappa shape index (κ3) is 4.25. The topological polar surface area (TPSA) is 29.1 Å². The van der Waals surface area contributed by atoms with E-state index in [1.807, 2.05) is 37.3 Å². The van der Waals surface area contributed by atoms with Crippen LogP contribution in [0.5, 0.6) is 0 Å². The summed E-state index contributed by atoms with van der Waals surface area (Å²) in [6.07, 6.45) is 1.60. The number of nitrogens with one attached hydrogen (secondary N) is 1. The smallest absolute Gasteiger partial charge is 0.187 e. The lowest BCUT2D eigenvalue weighted by Gasteiger charge is -2.06. The summed E-state index contributed by atoms with van der Waals surface area (Å²) in [5.74, 6) is -0.0280. The van der Waals surface area contributed by atoms with Crippen LogP contribution in [0.4, 0.5) is 0 Å². The van der Waals surface area contributed by atoms with Gasteiger partial charge in [-0.2, -0.15) is 0 Å². The van der Waals surface area contributed by atoms with Gasteiger partial charge in [-0.05, 0) is 36.8 Å². The Hall–Kier alpha value is -2.06. The molecule has 1 N–H and O–H groups in total. The number of carbonyl (C=O) groups excluding carboxylic acids is 1. The molecule has 0 aliphatic carbocycles. The predicted octanol–water partition coefficient (Wildman–Crippen LogP) is 4.22. The van der Waals surface area contributed by atoms with Gasteiger partial charge in [0.15, 0.2) is 5.78 Å². The summed E-state index contributed by atoms with van der Waals surface area (Å²) in [5.41, 5.74) is 2.66. The first-order chi connectivity index (χ1) is 9.65. The van der Waals surface area contributed by atoms with Crippen LogP contribution in [0.3, 0.4) is 0 Å². The van der Waals surface area contributed by atoms with Crippen LogP contribution in [0.1, 0.15) is 22.8 Å². The van der Waals surface area contributed by atoms with Gasteiger partial charge in [0.2, 0.25) is 0 Å². The lowest BCUT2D eigenvalue weighted by molar-refractivity contribution is 0.104. The molecule has 0 radical (unpaired) electrons. The number of rotatable bonds is 5. The van der Waals surface area contributed by atoms with Gasteiger partial charge in [-0.25, -0.2) is 0 Å². The number of benzene rings is 2. The van der Waals surface area contributed by atoms with Gasteiger partial charge in [0.1, 0.15) is 0 Å². The Morgan fingerprint density at radius 2 is 1.75 bits per heavy atom. The highest BCUT2D eigenvalue weighted by Crippen LogP contribution is 2.11. The molecule has 0 spiro atoms. The molecule has 0 saturated carbocycles. The number of carbonyl (C=O) groups is 1. The van der Waals surface area contributed by atoms with Crippen molar-refractivity contribution in [3.8, 4) is 0 Å². The molecule has 2 rings (SSSR count). The molecule has 0 unspecified atom stereocenters. The summed E-state index contributed by atoms with van der Waals surface area (Å²) in [7, 11) is 0. The van der Waals surface area contributed by atoms with Crippen molar-refractivity contribution >= 4 is 17.4 Å². The van der Waals surface area contributed by atoms with Crippen molar-refractivity contribution in [1.29, 1.82) is 0 Å². The first-order valence-corrected chi connectivity index (χ1v) is 6.79. The zero-order chi connectivity index (χ0) is 14.4. The summed E-state index contributed by atoms with van der Waals surface area (Å²) in [5, 5.41) is 3.85. The summed E-state index contributed by atoms with van der Waals surface area (Å²) in [6, 6.07) is 16.9. The number of allylic oxidation sites excluding steroid dienone is 2. The summed E-state index contributed by atoms with van der Waals surface area (Å²) in [4.78, 5) is 12.0. The third-order valence-corrected chi connectivity index (χ3v) is 3.14. The van der Waals surface area contributed by atoms with E-state index in [9.17, 15) is 4.79 Å². The fourth-order valence-corrected chi connectivity index (χ4v) is 1.91. The maximum absolute atomic E-state index is 12.0. The minimum atomic E-state index is -0.0280. The van der Waals surface area contributed by atoms with E-state index in [1.165, 1.54) is 5.56 Å². The number of halogens is 1. The fourth-order valence-electron chi connectivity index (χ4n) is 1.78. The van der Waals surface area contributed by atoms with Gasteiger partial charge >= 0.3 is 0 Å². The standard InChI is InChI=1S/C17H16ClNO/c1-13(19-12-14-5-3-2-4-6-14)11-17(20)15-7-9-16(18)10-8-15/h2-11,19H,12H2,1H3/b13-11+. The molecule has 0 amide bonds. The van der Waals surface area contributed by atoms with Gasteiger partial charge in [0.05, 0.1) is 0 Å². The van der Waals surface area contributed by atoms with Gasteiger partial charge in [-0.1, -0.05) is 41.9 Å². The molecule has 3 heteroatoms. The molecule has 0 bridgehead atoms. The SMILES string of the molecule is C/C(=C\C(=O)c1ccc(Cl)cc1)NCc1ccccc1. The van der Waals surface area contributed by atoms with Crippen LogP contribution in [-0.4, -0.2) is 5.78 Å². The van der Waals surface area contributed by atoms with E-state index in [1.54, 1.807) is 30.3 Å². The van der Waals surface area contributed by atoms with E-state index in [-0.39, 0.29) is 5.78 Å². The average molecular weight is 286 g/mol. The minimum absolute atomic E-state index is 0.0280.